The third-order valence-electron chi connectivity index (χ3n) is 2.04. The fourth-order valence-corrected chi connectivity index (χ4v) is 1.26. The molecule has 0 radical (unpaired) electrons. The zero-order valence-corrected chi connectivity index (χ0v) is 8.47. The highest BCUT2D eigenvalue weighted by molar-refractivity contribution is 5.30. The molecule has 0 aliphatic heterocycles. The molecule has 0 bridgehead atoms. The van der Waals surface area contributed by atoms with E-state index in [1.165, 1.54) is 16.8 Å². The van der Waals surface area contributed by atoms with Crippen LogP contribution in [0.25, 0.3) is 0 Å². The molecule has 5 heteroatoms. The summed E-state index contributed by atoms with van der Waals surface area (Å²) in [5, 5.41) is 10.6. The minimum atomic E-state index is -0.503. The number of aryl methyl sites for hydroxylation is 2. The van der Waals surface area contributed by atoms with Crippen LogP contribution in [0.1, 0.15) is 12.0 Å². The summed E-state index contributed by atoms with van der Waals surface area (Å²) < 4.78 is 1.34. The van der Waals surface area contributed by atoms with Crippen LogP contribution in [0.3, 0.4) is 0 Å². The van der Waals surface area contributed by atoms with Crippen LogP contribution >= 0.6 is 0 Å². The number of rotatable bonds is 4. The van der Waals surface area contributed by atoms with Gasteiger partial charge in [-0.25, -0.2) is 0 Å². The molecule has 0 fully saturated rings. The average molecular weight is 208 g/mol. The molecule has 0 saturated carbocycles. The molecule has 15 heavy (non-hydrogen) atoms. The molecule has 0 N–H and O–H groups in total. The van der Waals surface area contributed by atoms with Crippen molar-refractivity contribution in [2.45, 2.75) is 19.9 Å². The van der Waals surface area contributed by atoms with Gasteiger partial charge in [-0.2, -0.15) is 0 Å². The van der Waals surface area contributed by atoms with E-state index in [-0.39, 0.29) is 11.2 Å². The second-order valence-electron chi connectivity index (χ2n) is 3.21. The molecule has 1 aromatic rings. The van der Waals surface area contributed by atoms with Crippen molar-refractivity contribution in [2.24, 2.45) is 0 Å². The van der Waals surface area contributed by atoms with Gasteiger partial charge in [-0.1, -0.05) is 6.08 Å². The molecule has 0 aromatic carbocycles. The van der Waals surface area contributed by atoms with Crippen LogP contribution in [0.4, 0.5) is 5.69 Å². The quantitative estimate of drug-likeness (QED) is 0.429. The van der Waals surface area contributed by atoms with E-state index >= 15 is 0 Å². The van der Waals surface area contributed by atoms with Gasteiger partial charge in [-0.05, 0) is 13.3 Å². The maximum absolute atomic E-state index is 11.6. The summed E-state index contributed by atoms with van der Waals surface area (Å²) in [6.07, 6.45) is 3.54. The predicted molar refractivity (Wildman–Crippen MR) is 56.9 cm³/mol. The molecule has 1 rings (SSSR count). The van der Waals surface area contributed by atoms with Crippen LogP contribution in [-0.2, 0) is 6.54 Å². The number of hydrogen-bond donors (Lipinski definition) is 0. The van der Waals surface area contributed by atoms with Crippen LogP contribution in [0, 0.1) is 17.0 Å². The van der Waals surface area contributed by atoms with Crippen LogP contribution in [0.15, 0.2) is 29.7 Å². The summed E-state index contributed by atoms with van der Waals surface area (Å²) in [7, 11) is 0. The van der Waals surface area contributed by atoms with E-state index in [2.05, 4.69) is 6.58 Å². The topological polar surface area (TPSA) is 65.1 Å². The first-order valence-corrected chi connectivity index (χ1v) is 4.52. The largest absolute Gasteiger partial charge is 0.308 e. The molecule has 5 nitrogen and oxygen atoms in total. The first kappa shape index (κ1) is 11.2. The molecule has 0 saturated heterocycles. The highest BCUT2D eigenvalue weighted by atomic mass is 16.6. The van der Waals surface area contributed by atoms with Crippen molar-refractivity contribution >= 4 is 5.69 Å². The first-order valence-electron chi connectivity index (χ1n) is 4.52. The number of nitro groups is 1. The van der Waals surface area contributed by atoms with Crippen molar-refractivity contribution in [1.82, 2.24) is 4.57 Å². The fourth-order valence-electron chi connectivity index (χ4n) is 1.26. The van der Waals surface area contributed by atoms with E-state index in [1.807, 2.05) is 0 Å². The maximum atomic E-state index is 11.6. The van der Waals surface area contributed by atoms with Gasteiger partial charge in [0.2, 0.25) is 0 Å². The Hall–Kier alpha value is -1.91. The van der Waals surface area contributed by atoms with Crippen LogP contribution < -0.4 is 5.56 Å². The monoisotopic (exact) mass is 208 g/mol. The predicted octanol–water partition coefficient (Wildman–Crippen LogP) is 1.64. The highest BCUT2D eigenvalue weighted by Gasteiger charge is 2.10. The third-order valence-corrected chi connectivity index (χ3v) is 2.04. The molecule has 0 aliphatic rings. The number of aromatic nitrogens is 1. The molecule has 0 amide bonds. The number of pyridine rings is 1. The van der Waals surface area contributed by atoms with Gasteiger partial charge >= 0.3 is 0 Å². The Labute approximate surface area is 86.8 Å². The Morgan fingerprint density at radius 2 is 2.33 bits per heavy atom. The maximum Gasteiger partial charge on any atom is 0.286 e. The van der Waals surface area contributed by atoms with Gasteiger partial charge in [0.1, 0.15) is 0 Å². The minimum Gasteiger partial charge on any atom is -0.308 e. The number of allylic oxidation sites excluding steroid dienone is 1. The Morgan fingerprint density at radius 3 is 2.87 bits per heavy atom. The number of nitrogens with zero attached hydrogens (tertiary/aromatic N) is 2. The summed E-state index contributed by atoms with van der Waals surface area (Å²) in [5.41, 5.74) is 0.131. The van der Waals surface area contributed by atoms with E-state index in [0.29, 0.717) is 18.5 Å². The van der Waals surface area contributed by atoms with E-state index in [0.717, 1.165) is 0 Å². The SMILES string of the molecule is C=CCCn1cc([N+](=O)[O-])cc(C)c1=O. The van der Waals surface area contributed by atoms with Gasteiger partial charge < -0.3 is 4.57 Å². The standard InChI is InChI=1S/C10H12N2O3/c1-3-4-5-11-7-9(12(14)15)6-8(2)10(11)13/h3,6-7H,1,4-5H2,2H3. The van der Waals surface area contributed by atoms with Gasteiger partial charge in [0.05, 0.1) is 11.1 Å². The molecule has 80 valence electrons. The summed E-state index contributed by atoms with van der Waals surface area (Å²) in [4.78, 5) is 21.6. The molecule has 0 unspecified atom stereocenters. The van der Waals surface area contributed by atoms with Crippen LogP contribution in [-0.4, -0.2) is 9.49 Å². The summed E-state index contributed by atoms with van der Waals surface area (Å²) in [6.45, 7) is 5.53. The lowest BCUT2D eigenvalue weighted by Gasteiger charge is -2.04. The zero-order valence-electron chi connectivity index (χ0n) is 8.47. The van der Waals surface area contributed by atoms with Crippen LogP contribution in [0.5, 0.6) is 0 Å². The van der Waals surface area contributed by atoms with E-state index in [1.54, 1.807) is 13.0 Å². The molecule has 0 spiro atoms. The molecular weight excluding hydrogens is 196 g/mol. The Morgan fingerprint density at radius 1 is 1.67 bits per heavy atom. The van der Waals surface area contributed by atoms with Crippen molar-refractivity contribution in [3.05, 3.63) is 50.9 Å². The van der Waals surface area contributed by atoms with Crippen molar-refractivity contribution in [1.29, 1.82) is 0 Å². The lowest BCUT2D eigenvalue weighted by Crippen LogP contribution is -2.22. The smallest absolute Gasteiger partial charge is 0.286 e. The minimum absolute atomic E-state index is 0.0591. The Balaban J connectivity index is 3.18. The van der Waals surface area contributed by atoms with Gasteiger partial charge in [0.15, 0.2) is 0 Å². The van der Waals surface area contributed by atoms with Crippen molar-refractivity contribution < 1.29 is 4.92 Å². The summed E-state index contributed by atoms with van der Waals surface area (Å²) >= 11 is 0. The van der Waals surface area contributed by atoms with Gasteiger partial charge in [-0.15, -0.1) is 6.58 Å². The normalized spacial score (nSPS) is 9.93. The van der Waals surface area contributed by atoms with Crippen molar-refractivity contribution in [2.75, 3.05) is 0 Å². The second-order valence-corrected chi connectivity index (χ2v) is 3.21. The highest BCUT2D eigenvalue weighted by Crippen LogP contribution is 2.09. The Bertz CT molecular complexity index is 448. The van der Waals surface area contributed by atoms with Crippen LogP contribution in [0.2, 0.25) is 0 Å². The number of hydrogen-bond acceptors (Lipinski definition) is 3. The fraction of sp³-hybridized carbons (Fsp3) is 0.300. The molecule has 1 aromatic heterocycles. The van der Waals surface area contributed by atoms with Crippen molar-refractivity contribution in [3.8, 4) is 0 Å². The molecular formula is C10H12N2O3. The van der Waals surface area contributed by atoms with Gasteiger partial charge in [-0.3, -0.25) is 14.9 Å². The first-order chi connectivity index (χ1) is 7.06. The lowest BCUT2D eigenvalue weighted by atomic mass is 10.2. The van der Waals surface area contributed by atoms with E-state index in [4.69, 9.17) is 0 Å². The third kappa shape index (κ3) is 2.52. The average Bonchev–Trinajstić information content (AvgIpc) is 2.19. The van der Waals surface area contributed by atoms with Gasteiger partial charge in [0.25, 0.3) is 11.2 Å². The summed E-state index contributed by atoms with van der Waals surface area (Å²) in [5.74, 6) is 0. The summed E-state index contributed by atoms with van der Waals surface area (Å²) in [6, 6.07) is 1.28. The molecule has 1 heterocycles. The van der Waals surface area contributed by atoms with Gasteiger partial charge in [0, 0.05) is 18.2 Å². The zero-order chi connectivity index (χ0) is 11.4. The second kappa shape index (κ2) is 4.54. The van der Waals surface area contributed by atoms with E-state index in [9.17, 15) is 14.9 Å². The molecule has 0 atom stereocenters. The lowest BCUT2D eigenvalue weighted by molar-refractivity contribution is -0.385. The van der Waals surface area contributed by atoms with E-state index < -0.39 is 4.92 Å². The van der Waals surface area contributed by atoms with Crippen molar-refractivity contribution in [3.63, 3.8) is 0 Å². The molecule has 0 aliphatic carbocycles. The Kier molecular flexibility index (Phi) is 3.38.